The minimum atomic E-state index is -0.104. The molecule has 0 atom stereocenters. The van der Waals surface area contributed by atoms with Gasteiger partial charge in [0.25, 0.3) is 0 Å². The number of anilines is 1. The van der Waals surface area contributed by atoms with E-state index in [0.29, 0.717) is 6.54 Å². The molecule has 5 heteroatoms. The quantitative estimate of drug-likeness (QED) is 0.878. The predicted molar refractivity (Wildman–Crippen MR) is 83.7 cm³/mol. The number of amides is 2. The summed E-state index contributed by atoms with van der Waals surface area (Å²) in [7, 11) is 1.79. The zero-order valence-electron chi connectivity index (χ0n) is 10.8. The Morgan fingerprint density at radius 1 is 1.42 bits per heavy atom. The summed E-state index contributed by atoms with van der Waals surface area (Å²) < 4.78 is 1.08. The number of rotatable bonds is 3. The van der Waals surface area contributed by atoms with Gasteiger partial charge in [0.1, 0.15) is 0 Å². The smallest absolute Gasteiger partial charge is 0.321 e. The Bertz CT molecular complexity index is 582. The summed E-state index contributed by atoms with van der Waals surface area (Å²) in [4.78, 5) is 13.7. The van der Waals surface area contributed by atoms with E-state index in [4.69, 9.17) is 0 Å². The Balaban J connectivity index is 1.96. The second-order valence-corrected chi connectivity index (χ2v) is 6.71. The van der Waals surface area contributed by atoms with Gasteiger partial charge in [0.2, 0.25) is 0 Å². The van der Waals surface area contributed by atoms with E-state index in [-0.39, 0.29) is 6.03 Å². The van der Waals surface area contributed by atoms with E-state index in [1.165, 1.54) is 0 Å². The van der Waals surface area contributed by atoms with Gasteiger partial charge < -0.3 is 10.2 Å². The summed E-state index contributed by atoms with van der Waals surface area (Å²) in [6.07, 6.45) is 0. The van der Waals surface area contributed by atoms with Gasteiger partial charge in [0.05, 0.1) is 3.79 Å². The highest BCUT2D eigenvalue weighted by Crippen LogP contribution is 2.21. The van der Waals surface area contributed by atoms with Crippen molar-refractivity contribution in [3.8, 4) is 0 Å². The number of thiophene rings is 1. The third kappa shape index (κ3) is 4.08. The van der Waals surface area contributed by atoms with Gasteiger partial charge in [-0.2, -0.15) is 0 Å². The number of hydrogen-bond acceptors (Lipinski definition) is 2. The van der Waals surface area contributed by atoms with Crippen LogP contribution in [0.15, 0.2) is 39.5 Å². The highest BCUT2D eigenvalue weighted by atomic mass is 79.9. The normalized spacial score (nSPS) is 10.3. The minimum Gasteiger partial charge on any atom is -0.323 e. The van der Waals surface area contributed by atoms with Crippen molar-refractivity contribution < 1.29 is 4.79 Å². The van der Waals surface area contributed by atoms with E-state index >= 15 is 0 Å². The van der Waals surface area contributed by atoms with Crippen LogP contribution in [0.2, 0.25) is 0 Å². The average Bonchev–Trinajstić information content (AvgIpc) is 2.74. The molecule has 3 nitrogen and oxygen atoms in total. The van der Waals surface area contributed by atoms with Crippen LogP contribution < -0.4 is 5.32 Å². The first-order valence-corrected chi connectivity index (χ1v) is 7.53. The van der Waals surface area contributed by atoms with E-state index < -0.39 is 0 Å². The maximum Gasteiger partial charge on any atom is 0.321 e. The van der Waals surface area contributed by atoms with Gasteiger partial charge in [-0.25, -0.2) is 4.79 Å². The molecular weight excluding hydrogens is 324 g/mol. The summed E-state index contributed by atoms with van der Waals surface area (Å²) in [5, 5.41) is 4.93. The third-order valence-corrected chi connectivity index (χ3v) is 4.21. The van der Waals surface area contributed by atoms with E-state index in [2.05, 4.69) is 21.2 Å². The maximum atomic E-state index is 12.0. The lowest BCUT2D eigenvalue weighted by atomic mass is 10.2. The molecule has 2 aromatic rings. The van der Waals surface area contributed by atoms with E-state index in [9.17, 15) is 4.79 Å². The highest BCUT2D eigenvalue weighted by molar-refractivity contribution is 9.11. The van der Waals surface area contributed by atoms with Crippen LogP contribution >= 0.6 is 27.3 Å². The summed E-state index contributed by atoms with van der Waals surface area (Å²) in [6.45, 7) is 2.60. The molecular formula is C14H15BrN2OS. The second kappa shape index (κ2) is 6.21. The fourth-order valence-corrected chi connectivity index (χ4v) is 2.92. The first kappa shape index (κ1) is 14.1. The molecule has 0 fully saturated rings. The fourth-order valence-electron chi connectivity index (χ4n) is 1.72. The van der Waals surface area contributed by atoms with Crippen molar-refractivity contribution in [2.45, 2.75) is 13.5 Å². The number of carbonyl (C=O) groups excluding carboxylic acids is 1. The van der Waals surface area contributed by atoms with Gasteiger partial charge in [-0.15, -0.1) is 11.3 Å². The van der Waals surface area contributed by atoms with Crippen molar-refractivity contribution in [1.29, 1.82) is 0 Å². The first-order chi connectivity index (χ1) is 9.04. The Morgan fingerprint density at radius 2 is 2.21 bits per heavy atom. The number of nitrogens with zero attached hydrogens (tertiary/aromatic N) is 1. The van der Waals surface area contributed by atoms with Crippen molar-refractivity contribution in [1.82, 2.24) is 4.90 Å². The van der Waals surface area contributed by atoms with Crippen LogP contribution in [0.5, 0.6) is 0 Å². The Labute approximate surface area is 125 Å². The van der Waals surface area contributed by atoms with Crippen molar-refractivity contribution in [3.05, 3.63) is 50.6 Å². The molecule has 2 rings (SSSR count). The lowest BCUT2D eigenvalue weighted by molar-refractivity contribution is 0.221. The number of nitrogens with one attached hydrogen (secondary N) is 1. The number of halogens is 1. The van der Waals surface area contributed by atoms with E-state index in [1.807, 2.05) is 42.6 Å². The van der Waals surface area contributed by atoms with Crippen molar-refractivity contribution in [3.63, 3.8) is 0 Å². The number of benzene rings is 1. The first-order valence-electron chi connectivity index (χ1n) is 5.86. The number of hydrogen-bond donors (Lipinski definition) is 1. The third-order valence-electron chi connectivity index (χ3n) is 2.66. The molecule has 0 aliphatic rings. The summed E-state index contributed by atoms with van der Waals surface area (Å²) in [5.41, 5.74) is 3.07. The molecule has 1 heterocycles. The molecule has 0 spiro atoms. The number of carbonyl (C=O) groups is 1. The molecule has 100 valence electrons. The molecule has 0 radical (unpaired) electrons. The standard InChI is InChI=1S/C14H15BrN2OS/c1-10-4-3-5-12(6-10)16-14(18)17(2)8-11-7-13(15)19-9-11/h3-7,9H,8H2,1-2H3,(H,16,18). The topological polar surface area (TPSA) is 32.3 Å². The molecule has 1 aromatic heterocycles. The SMILES string of the molecule is Cc1cccc(NC(=O)N(C)Cc2csc(Br)c2)c1. The highest BCUT2D eigenvalue weighted by Gasteiger charge is 2.10. The lowest BCUT2D eigenvalue weighted by Gasteiger charge is -2.17. The number of urea groups is 1. The molecule has 0 aliphatic heterocycles. The van der Waals surface area contributed by atoms with Crippen molar-refractivity contribution in [2.24, 2.45) is 0 Å². The molecule has 1 aromatic carbocycles. The molecule has 0 saturated heterocycles. The number of aryl methyl sites for hydroxylation is 1. The summed E-state index contributed by atoms with van der Waals surface area (Å²) in [5.74, 6) is 0. The van der Waals surface area contributed by atoms with Crippen LogP contribution in [-0.4, -0.2) is 18.0 Å². The zero-order valence-corrected chi connectivity index (χ0v) is 13.2. The lowest BCUT2D eigenvalue weighted by Crippen LogP contribution is -2.30. The predicted octanol–water partition coefficient (Wildman–Crippen LogP) is 4.48. The molecule has 2 amide bonds. The van der Waals surface area contributed by atoms with Crippen LogP contribution in [-0.2, 0) is 6.54 Å². The van der Waals surface area contributed by atoms with E-state index in [0.717, 1.165) is 20.6 Å². The van der Waals surface area contributed by atoms with Gasteiger partial charge >= 0.3 is 6.03 Å². The molecule has 0 unspecified atom stereocenters. The van der Waals surface area contributed by atoms with Crippen LogP contribution in [0, 0.1) is 6.92 Å². The minimum absolute atomic E-state index is 0.104. The molecule has 1 N–H and O–H groups in total. The average molecular weight is 339 g/mol. The van der Waals surface area contributed by atoms with Gasteiger partial charge in [-0.3, -0.25) is 0 Å². The van der Waals surface area contributed by atoms with Crippen LogP contribution in [0.1, 0.15) is 11.1 Å². The Hall–Kier alpha value is -1.33. The van der Waals surface area contributed by atoms with Gasteiger partial charge in [-0.05, 0) is 57.6 Å². The Kier molecular flexibility index (Phi) is 4.61. The molecule has 0 saturated carbocycles. The summed E-state index contributed by atoms with van der Waals surface area (Å²) in [6, 6.07) is 9.70. The fraction of sp³-hybridized carbons (Fsp3) is 0.214. The Morgan fingerprint density at radius 3 is 2.84 bits per heavy atom. The monoisotopic (exact) mass is 338 g/mol. The summed E-state index contributed by atoms with van der Waals surface area (Å²) >= 11 is 5.04. The second-order valence-electron chi connectivity index (χ2n) is 4.41. The molecule has 0 bridgehead atoms. The van der Waals surface area contributed by atoms with Gasteiger partial charge in [0.15, 0.2) is 0 Å². The van der Waals surface area contributed by atoms with Crippen LogP contribution in [0.25, 0.3) is 0 Å². The van der Waals surface area contributed by atoms with Gasteiger partial charge in [-0.1, -0.05) is 12.1 Å². The molecule has 0 aliphatic carbocycles. The maximum absolute atomic E-state index is 12.0. The van der Waals surface area contributed by atoms with Gasteiger partial charge in [0, 0.05) is 19.3 Å². The van der Waals surface area contributed by atoms with Crippen LogP contribution in [0.4, 0.5) is 10.5 Å². The van der Waals surface area contributed by atoms with Crippen molar-refractivity contribution >= 4 is 39.0 Å². The molecule has 19 heavy (non-hydrogen) atoms. The van der Waals surface area contributed by atoms with Crippen LogP contribution in [0.3, 0.4) is 0 Å². The van der Waals surface area contributed by atoms with Crippen molar-refractivity contribution in [2.75, 3.05) is 12.4 Å². The van der Waals surface area contributed by atoms with E-state index in [1.54, 1.807) is 23.3 Å². The largest absolute Gasteiger partial charge is 0.323 e. The zero-order chi connectivity index (χ0) is 13.8.